The number of hydrogen-bond acceptors (Lipinski definition) is 3. The Hall–Kier alpha value is -2.01. The van der Waals surface area contributed by atoms with Crippen molar-refractivity contribution in [2.75, 3.05) is 0 Å². The number of aromatic nitrogens is 1. The van der Waals surface area contributed by atoms with E-state index in [4.69, 9.17) is 0 Å². The van der Waals surface area contributed by atoms with Gasteiger partial charge in [-0.15, -0.1) is 0 Å². The minimum absolute atomic E-state index is 0.370. The molecule has 18 heavy (non-hydrogen) atoms. The number of imide groups is 1. The first-order chi connectivity index (χ1) is 8.68. The van der Waals surface area contributed by atoms with Gasteiger partial charge < -0.3 is 0 Å². The lowest BCUT2D eigenvalue weighted by atomic mass is 10.2. The lowest BCUT2D eigenvalue weighted by Crippen LogP contribution is -2.30. The second kappa shape index (κ2) is 5.55. The maximum atomic E-state index is 11.9. The van der Waals surface area contributed by atoms with Crippen LogP contribution in [0, 0.1) is 0 Å². The summed E-state index contributed by atoms with van der Waals surface area (Å²) in [5, 5.41) is 2.32. The Labute approximate surface area is 112 Å². The van der Waals surface area contributed by atoms with Gasteiger partial charge in [-0.3, -0.25) is 19.9 Å². The Bertz CT molecular complexity index is 585. The molecule has 5 heteroatoms. The molecule has 0 saturated carbocycles. The Morgan fingerprint density at radius 2 is 1.78 bits per heavy atom. The molecule has 0 unspecified atom stereocenters. The van der Waals surface area contributed by atoms with E-state index in [0.29, 0.717) is 15.6 Å². The molecule has 0 radical (unpaired) electrons. The van der Waals surface area contributed by atoms with Crippen LogP contribution >= 0.6 is 15.9 Å². The Morgan fingerprint density at radius 1 is 1.06 bits per heavy atom. The monoisotopic (exact) mass is 304 g/mol. The molecule has 0 atom stereocenters. The van der Waals surface area contributed by atoms with E-state index in [2.05, 4.69) is 26.2 Å². The third kappa shape index (κ3) is 2.81. The molecule has 90 valence electrons. The molecule has 1 N–H and O–H groups in total. The summed E-state index contributed by atoms with van der Waals surface area (Å²) in [5.41, 5.74) is 0.810. The summed E-state index contributed by atoms with van der Waals surface area (Å²) < 4.78 is 0.545. The van der Waals surface area contributed by atoms with Crippen LogP contribution in [-0.2, 0) is 0 Å². The molecule has 2 rings (SSSR count). The van der Waals surface area contributed by atoms with Crippen molar-refractivity contribution in [3.8, 4) is 0 Å². The lowest BCUT2D eigenvalue weighted by molar-refractivity contribution is 0.0849. The first-order valence-electron chi connectivity index (χ1n) is 5.18. The first kappa shape index (κ1) is 12.4. The van der Waals surface area contributed by atoms with Crippen molar-refractivity contribution in [2.24, 2.45) is 0 Å². The molecule has 1 aromatic carbocycles. The molecular formula is C13H9BrN2O2. The number of hydrogen-bond donors (Lipinski definition) is 1. The molecule has 2 amide bonds. The number of pyridine rings is 1. The van der Waals surface area contributed by atoms with Gasteiger partial charge in [0.05, 0.1) is 5.56 Å². The molecule has 4 nitrogen and oxygen atoms in total. The largest absolute Gasteiger partial charge is 0.288 e. The zero-order valence-electron chi connectivity index (χ0n) is 9.26. The van der Waals surface area contributed by atoms with Crippen molar-refractivity contribution < 1.29 is 9.59 Å². The molecule has 1 aromatic heterocycles. The quantitative estimate of drug-likeness (QED) is 0.867. The molecule has 0 spiro atoms. The average molecular weight is 305 g/mol. The van der Waals surface area contributed by atoms with Crippen LogP contribution in [0.3, 0.4) is 0 Å². The van der Waals surface area contributed by atoms with Gasteiger partial charge in [0, 0.05) is 22.4 Å². The molecule has 0 bridgehead atoms. The van der Waals surface area contributed by atoms with Gasteiger partial charge in [-0.05, 0) is 34.1 Å². The summed E-state index contributed by atoms with van der Waals surface area (Å²) >= 11 is 3.21. The van der Waals surface area contributed by atoms with E-state index in [1.54, 1.807) is 30.3 Å². The number of carbonyl (C=O) groups excluding carboxylic acids is 2. The first-order valence-corrected chi connectivity index (χ1v) is 5.98. The summed E-state index contributed by atoms with van der Waals surface area (Å²) in [4.78, 5) is 27.5. The highest BCUT2D eigenvalue weighted by Gasteiger charge is 2.14. The van der Waals surface area contributed by atoms with Crippen molar-refractivity contribution in [3.63, 3.8) is 0 Å². The van der Waals surface area contributed by atoms with Gasteiger partial charge in [0.25, 0.3) is 11.8 Å². The lowest BCUT2D eigenvalue weighted by Gasteiger charge is -2.05. The predicted octanol–water partition coefficient (Wildman–Crippen LogP) is 2.41. The van der Waals surface area contributed by atoms with Crippen molar-refractivity contribution in [3.05, 3.63) is 64.4 Å². The van der Waals surface area contributed by atoms with E-state index in [9.17, 15) is 9.59 Å². The molecule has 1 heterocycles. The van der Waals surface area contributed by atoms with Crippen molar-refractivity contribution >= 4 is 27.7 Å². The topological polar surface area (TPSA) is 59.1 Å². The van der Waals surface area contributed by atoms with Crippen LogP contribution in [0.15, 0.2) is 53.3 Å². The Balaban J connectivity index is 2.14. The van der Waals surface area contributed by atoms with Crippen LogP contribution in [-0.4, -0.2) is 16.8 Å². The SMILES string of the molecule is O=C(NC(=O)c1ccncc1Br)c1ccccc1. The normalized spacial score (nSPS) is 9.83. The number of nitrogens with one attached hydrogen (secondary N) is 1. The zero-order valence-corrected chi connectivity index (χ0v) is 10.8. The number of amides is 2. The standard InChI is InChI=1S/C13H9BrN2O2/c14-11-8-15-7-6-10(11)13(18)16-12(17)9-4-2-1-3-5-9/h1-8H,(H,16,17,18). The maximum absolute atomic E-state index is 11.9. The van der Waals surface area contributed by atoms with E-state index >= 15 is 0 Å². The molecule has 0 aliphatic heterocycles. The molecule has 2 aromatic rings. The summed E-state index contributed by atoms with van der Waals surface area (Å²) in [6.07, 6.45) is 2.99. The van der Waals surface area contributed by atoms with Crippen LogP contribution in [0.4, 0.5) is 0 Å². The summed E-state index contributed by atoms with van der Waals surface area (Å²) in [5.74, 6) is -0.887. The minimum atomic E-state index is -0.460. The fourth-order valence-electron chi connectivity index (χ4n) is 1.39. The summed E-state index contributed by atoms with van der Waals surface area (Å²) in [6.45, 7) is 0. The average Bonchev–Trinajstić information content (AvgIpc) is 2.40. The van der Waals surface area contributed by atoms with E-state index in [0.717, 1.165) is 0 Å². The highest BCUT2D eigenvalue weighted by atomic mass is 79.9. The van der Waals surface area contributed by atoms with Gasteiger partial charge >= 0.3 is 0 Å². The number of halogens is 1. The van der Waals surface area contributed by atoms with E-state index in [-0.39, 0.29) is 0 Å². The fraction of sp³-hybridized carbons (Fsp3) is 0. The van der Waals surface area contributed by atoms with Crippen LogP contribution in [0.2, 0.25) is 0 Å². The van der Waals surface area contributed by atoms with Gasteiger partial charge in [-0.2, -0.15) is 0 Å². The third-order valence-corrected chi connectivity index (χ3v) is 2.91. The predicted molar refractivity (Wildman–Crippen MR) is 70.2 cm³/mol. The molecule has 0 saturated heterocycles. The molecule has 0 aliphatic rings. The van der Waals surface area contributed by atoms with Crippen molar-refractivity contribution in [1.82, 2.24) is 10.3 Å². The van der Waals surface area contributed by atoms with Crippen LogP contribution in [0.1, 0.15) is 20.7 Å². The smallest absolute Gasteiger partial charge is 0.259 e. The zero-order chi connectivity index (χ0) is 13.0. The van der Waals surface area contributed by atoms with Gasteiger partial charge in [0.15, 0.2) is 0 Å². The van der Waals surface area contributed by atoms with Crippen molar-refractivity contribution in [2.45, 2.75) is 0 Å². The Kier molecular flexibility index (Phi) is 3.84. The highest BCUT2D eigenvalue weighted by molar-refractivity contribution is 9.10. The van der Waals surface area contributed by atoms with Gasteiger partial charge in [0.2, 0.25) is 0 Å². The number of nitrogens with zero attached hydrogens (tertiary/aromatic N) is 1. The number of carbonyl (C=O) groups is 2. The second-order valence-electron chi connectivity index (χ2n) is 3.50. The summed E-state index contributed by atoms with van der Waals surface area (Å²) in [6, 6.07) is 10.1. The summed E-state index contributed by atoms with van der Waals surface area (Å²) in [7, 11) is 0. The van der Waals surface area contributed by atoms with Gasteiger partial charge in [0.1, 0.15) is 0 Å². The molecule has 0 aliphatic carbocycles. The number of benzene rings is 1. The highest BCUT2D eigenvalue weighted by Crippen LogP contribution is 2.14. The van der Waals surface area contributed by atoms with Gasteiger partial charge in [-0.1, -0.05) is 18.2 Å². The van der Waals surface area contributed by atoms with E-state index < -0.39 is 11.8 Å². The molecular weight excluding hydrogens is 296 g/mol. The van der Waals surface area contributed by atoms with Gasteiger partial charge in [-0.25, -0.2) is 0 Å². The van der Waals surface area contributed by atoms with E-state index in [1.807, 2.05) is 0 Å². The van der Waals surface area contributed by atoms with Crippen molar-refractivity contribution in [1.29, 1.82) is 0 Å². The Morgan fingerprint density at radius 3 is 2.44 bits per heavy atom. The van der Waals surface area contributed by atoms with E-state index in [1.165, 1.54) is 18.5 Å². The maximum Gasteiger partial charge on any atom is 0.259 e. The third-order valence-electron chi connectivity index (χ3n) is 2.28. The van der Waals surface area contributed by atoms with Crippen LogP contribution < -0.4 is 5.32 Å². The second-order valence-corrected chi connectivity index (χ2v) is 4.36. The minimum Gasteiger partial charge on any atom is -0.288 e. The molecule has 0 fully saturated rings. The fourth-order valence-corrected chi connectivity index (χ4v) is 1.82. The van der Waals surface area contributed by atoms with Crippen LogP contribution in [0.25, 0.3) is 0 Å². The number of rotatable bonds is 2. The van der Waals surface area contributed by atoms with Crippen LogP contribution in [0.5, 0.6) is 0 Å².